The zero-order valence-electron chi connectivity index (χ0n) is 14.6. The summed E-state index contributed by atoms with van der Waals surface area (Å²) in [6.45, 7) is 1.71. The summed E-state index contributed by atoms with van der Waals surface area (Å²) in [5.41, 5.74) is 2.70. The number of nitrogens with one attached hydrogen (secondary N) is 1. The van der Waals surface area contributed by atoms with Crippen LogP contribution in [0.2, 0.25) is 0 Å². The van der Waals surface area contributed by atoms with Crippen LogP contribution in [0.15, 0.2) is 42.5 Å². The summed E-state index contributed by atoms with van der Waals surface area (Å²) < 4.78 is 25.3. The van der Waals surface area contributed by atoms with Crippen molar-refractivity contribution in [3.05, 3.63) is 54.0 Å². The van der Waals surface area contributed by atoms with Crippen LogP contribution in [-0.2, 0) is 17.9 Å². The molecule has 26 heavy (non-hydrogen) atoms. The average Bonchev–Trinajstić information content (AvgIpc) is 3.22. The van der Waals surface area contributed by atoms with Gasteiger partial charge in [-0.15, -0.1) is 0 Å². The van der Waals surface area contributed by atoms with Crippen LogP contribution in [0.5, 0.6) is 5.88 Å². The van der Waals surface area contributed by atoms with Gasteiger partial charge in [-0.05, 0) is 18.2 Å². The van der Waals surface area contributed by atoms with Crippen LogP contribution in [0.1, 0.15) is 11.5 Å². The van der Waals surface area contributed by atoms with E-state index in [9.17, 15) is 4.39 Å². The minimum absolute atomic E-state index is 0.269. The second-order valence-electron chi connectivity index (χ2n) is 6.43. The number of aromatic nitrogens is 3. The van der Waals surface area contributed by atoms with Gasteiger partial charge in [0.25, 0.3) is 0 Å². The summed E-state index contributed by atoms with van der Waals surface area (Å²) in [6, 6.07) is 13.4. The minimum Gasteiger partial charge on any atom is -0.481 e. The van der Waals surface area contributed by atoms with E-state index in [1.165, 1.54) is 0 Å². The van der Waals surface area contributed by atoms with Gasteiger partial charge in [0.1, 0.15) is 24.7 Å². The van der Waals surface area contributed by atoms with Gasteiger partial charge in [0.2, 0.25) is 5.88 Å². The van der Waals surface area contributed by atoms with E-state index in [-0.39, 0.29) is 6.61 Å². The van der Waals surface area contributed by atoms with Crippen LogP contribution in [0.25, 0.3) is 11.0 Å². The number of alkyl halides is 1. The first-order valence-corrected chi connectivity index (χ1v) is 8.63. The Morgan fingerprint density at radius 2 is 2.04 bits per heavy atom. The van der Waals surface area contributed by atoms with E-state index in [2.05, 4.69) is 15.0 Å². The number of nitrogens with zero attached hydrogens (tertiary/aromatic N) is 3. The Bertz CT molecular complexity index is 852. The van der Waals surface area contributed by atoms with E-state index >= 15 is 0 Å². The monoisotopic (exact) mass is 356 g/mol. The molecule has 0 radical (unpaired) electrons. The predicted molar refractivity (Wildman–Crippen MR) is 95.6 cm³/mol. The standard InChI is InChI=1S/C19H21FN4O2/c1-25-19-8-4-5-13(21-19)9-24-10-14(20)17(11-24)26-12-18-22-15-6-2-3-7-16(15)23-18/h2-8,14,17H,9-12H2,1H3,(H,22,23)/t14-,17+/m1/s1. The predicted octanol–water partition coefficient (Wildman–Crippen LogP) is 2.71. The molecule has 1 aliphatic rings. The van der Waals surface area contributed by atoms with Crippen LogP contribution >= 0.6 is 0 Å². The lowest BCUT2D eigenvalue weighted by atomic mass is 10.3. The lowest BCUT2D eigenvalue weighted by Gasteiger charge is -2.15. The molecule has 1 aromatic carbocycles. The lowest BCUT2D eigenvalue weighted by molar-refractivity contribution is 0.00861. The number of para-hydroxylation sites is 2. The van der Waals surface area contributed by atoms with Crippen LogP contribution < -0.4 is 4.74 Å². The molecule has 0 amide bonds. The first kappa shape index (κ1) is 16.9. The SMILES string of the molecule is COc1cccc(CN2C[C@@H](F)[C@@H](OCc3nc4ccccc4[nH]3)C2)n1. The van der Waals surface area contributed by atoms with Gasteiger partial charge in [0.05, 0.1) is 23.8 Å². The van der Waals surface area contributed by atoms with Gasteiger partial charge >= 0.3 is 0 Å². The molecule has 3 aromatic rings. The summed E-state index contributed by atoms with van der Waals surface area (Å²) in [5, 5.41) is 0. The Morgan fingerprint density at radius 3 is 2.88 bits per heavy atom. The van der Waals surface area contributed by atoms with E-state index < -0.39 is 12.3 Å². The van der Waals surface area contributed by atoms with Gasteiger partial charge in [0.15, 0.2) is 0 Å². The maximum absolute atomic E-state index is 14.4. The lowest BCUT2D eigenvalue weighted by Crippen LogP contribution is -2.24. The summed E-state index contributed by atoms with van der Waals surface area (Å²) in [7, 11) is 1.58. The molecule has 0 aliphatic carbocycles. The normalized spacial score (nSPS) is 20.7. The molecule has 4 rings (SSSR count). The topological polar surface area (TPSA) is 63.3 Å². The number of ether oxygens (including phenoxy) is 2. The summed E-state index contributed by atoms with van der Waals surface area (Å²) >= 11 is 0. The highest BCUT2D eigenvalue weighted by Crippen LogP contribution is 2.21. The summed E-state index contributed by atoms with van der Waals surface area (Å²) in [6.07, 6.45) is -1.49. The Kier molecular flexibility index (Phi) is 4.81. The fourth-order valence-corrected chi connectivity index (χ4v) is 3.24. The summed E-state index contributed by atoms with van der Waals surface area (Å²) in [4.78, 5) is 14.1. The van der Waals surface area contributed by atoms with Crippen molar-refractivity contribution in [2.75, 3.05) is 20.2 Å². The molecule has 0 saturated carbocycles. The van der Waals surface area contributed by atoms with Gasteiger partial charge < -0.3 is 14.5 Å². The maximum Gasteiger partial charge on any atom is 0.213 e. The van der Waals surface area contributed by atoms with E-state index in [0.717, 1.165) is 16.7 Å². The second-order valence-corrected chi connectivity index (χ2v) is 6.43. The number of fused-ring (bicyclic) bond motifs is 1. The molecule has 3 heterocycles. The Hall–Kier alpha value is -2.51. The zero-order chi connectivity index (χ0) is 17.9. The van der Waals surface area contributed by atoms with Gasteiger partial charge in [-0.1, -0.05) is 18.2 Å². The highest BCUT2D eigenvalue weighted by atomic mass is 19.1. The van der Waals surface area contributed by atoms with Crippen molar-refractivity contribution >= 4 is 11.0 Å². The van der Waals surface area contributed by atoms with Crippen LogP contribution in [0.3, 0.4) is 0 Å². The molecule has 136 valence electrons. The number of hydrogen-bond donors (Lipinski definition) is 1. The van der Waals surface area contributed by atoms with Crippen molar-refractivity contribution in [2.45, 2.75) is 25.4 Å². The molecule has 0 unspecified atom stereocenters. The van der Waals surface area contributed by atoms with Crippen molar-refractivity contribution in [2.24, 2.45) is 0 Å². The maximum atomic E-state index is 14.4. The highest BCUT2D eigenvalue weighted by molar-refractivity contribution is 5.74. The number of pyridine rings is 1. The van der Waals surface area contributed by atoms with Crippen molar-refractivity contribution in [3.63, 3.8) is 0 Å². The summed E-state index contributed by atoms with van der Waals surface area (Å²) in [5.74, 6) is 1.28. The third-order valence-electron chi connectivity index (χ3n) is 4.52. The number of likely N-dealkylation sites (tertiary alicyclic amines) is 1. The minimum atomic E-state index is -1.02. The molecule has 2 atom stereocenters. The highest BCUT2D eigenvalue weighted by Gasteiger charge is 2.34. The number of benzene rings is 1. The fourth-order valence-electron chi connectivity index (χ4n) is 3.24. The number of rotatable bonds is 6. The average molecular weight is 356 g/mol. The van der Waals surface area contributed by atoms with Crippen molar-refractivity contribution in [1.82, 2.24) is 19.9 Å². The van der Waals surface area contributed by atoms with Gasteiger partial charge in [-0.3, -0.25) is 4.90 Å². The Labute approximate surface area is 151 Å². The van der Waals surface area contributed by atoms with Crippen LogP contribution in [-0.4, -0.2) is 52.3 Å². The largest absolute Gasteiger partial charge is 0.481 e. The van der Waals surface area contributed by atoms with Gasteiger partial charge in [-0.2, -0.15) is 0 Å². The molecule has 1 aliphatic heterocycles. The molecule has 1 fully saturated rings. The molecular weight excluding hydrogens is 335 g/mol. The van der Waals surface area contributed by atoms with Crippen LogP contribution in [0, 0.1) is 0 Å². The number of halogens is 1. The molecule has 1 N–H and O–H groups in total. The molecule has 0 spiro atoms. The smallest absolute Gasteiger partial charge is 0.213 e. The first-order valence-electron chi connectivity index (χ1n) is 8.63. The van der Waals surface area contributed by atoms with Gasteiger partial charge in [-0.25, -0.2) is 14.4 Å². The van der Waals surface area contributed by atoms with Crippen LogP contribution in [0.4, 0.5) is 4.39 Å². The van der Waals surface area contributed by atoms with E-state index in [4.69, 9.17) is 9.47 Å². The number of H-pyrrole nitrogens is 1. The first-order chi connectivity index (χ1) is 12.7. The molecule has 1 saturated heterocycles. The van der Waals surface area contributed by atoms with E-state index in [1.807, 2.05) is 41.3 Å². The second kappa shape index (κ2) is 7.39. The van der Waals surface area contributed by atoms with Crippen molar-refractivity contribution in [1.29, 1.82) is 0 Å². The molecule has 2 aromatic heterocycles. The number of hydrogen-bond acceptors (Lipinski definition) is 5. The molecule has 7 heteroatoms. The Morgan fingerprint density at radius 1 is 1.15 bits per heavy atom. The third kappa shape index (κ3) is 3.68. The molecule has 0 bridgehead atoms. The molecule has 6 nitrogen and oxygen atoms in total. The van der Waals surface area contributed by atoms with Crippen molar-refractivity contribution in [3.8, 4) is 5.88 Å². The van der Waals surface area contributed by atoms with Crippen molar-refractivity contribution < 1.29 is 13.9 Å². The Balaban J connectivity index is 1.34. The third-order valence-corrected chi connectivity index (χ3v) is 4.52. The van der Waals surface area contributed by atoms with E-state index in [1.54, 1.807) is 13.2 Å². The fraction of sp³-hybridized carbons (Fsp3) is 0.368. The quantitative estimate of drug-likeness (QED) is 0.736. The number of imidazole rings is 1. The zero-order valence-corrected chi connectivity index (χ0v) is 14.6. The molecular formula is C19H21FN4O2. The number of aromatic amines is 1. The number of methoxy groups -OCH3 is 1. The van der Waals surface area contributed by atoms with E-state index in [0.29, 0.717) is 31.3 Å². The van der Waals surface area contributed by atoms with Gasteiger partial charge in [0, 0.05) is 25.7 Å².